The molecule has 0 atom stereocenters. The molecule has 0 unspecified atom stereocenters. The smallest absolute Gasteiger partial charge is 0.267 e. The monoisotopic (exact) mass is 306 g/mol. The van der Waals surface area contributed by atoms with Crippen LogP contribution >= 0.6 is 12.2 Å². The van der Waals surface area contributed by atoms with Crippen LogP contribution in [0.15, 0.2) is 48.5 Å². The second-order valence-electron chi connectivity index (χ2n) is 4.53. The molecule has 1 aromatic heterocycles. The van der Waals surface area contributed by atoms with E-state index < -0.39 is 11.7 Å². The van der Waals surface area contributed by atoms with Crippen LogP contribution in [0.1, 0.15) is 5.56 Å². The molecule has 0 saturated heterocycles. The fourth-order valence-electron chi connectivity index (χ4n) is 2.18. The van der Waals surface area contributed by atoms with Crippen molar-refractivity contribution < 1.29 is 13.2 Å². The van der Waals surface area contributed by atoms with Gasteiger partial charge in [0.2, 0.25) is 0 Å². The van der Waals surface area contributed by atoms with Crippen molar-refractivity contribution in [2.24, 2.45) is 0 Å². The van der Waals surface area contributed by atoms with Crippen LogP contribution in [0.4, 0.5) is 13.2 Å². The molecule has 0 aliphatic rings. The lowest BCUT2D eigenvalue weighted by molar-refractivity contribution is -0.137. The van der Waals surface area contributed by atoms with Gasteiger partial charge in [0.05, 0.1) is 11.3 Å². The van der Waals surface area contributed by atoms with Gasteiger partial charge in [-0.1, -0.05) is 48.6 Å². The zero-order valence-corrected chi connectivity index (χ0v) is 11.4. The van der Waals surface area contributed by atoms with Gasteiger partial charge < -0.3 is 0 Å². The van der Waals surface area contributed by atoms with E-state index in [9.17, 15) is 13.2 Å². The SMILES string of the molecule is FC(F)(F)c1cccc(-c2n[nH]c(=S)c3ccccc23)c1. The molecule has 106 valence electrons. The quantitative estimate of drug-likeness (QED) is 0.642. The second-order valence-corrected chi connectivity index (χ2v) is 4.93. The molecule has 0 aliphatic heterocycles. The summed E-state index contributed by atoms with van der Waals surface area (Å²) in [7, 11) is 0. The molecule has 1 heterocycles. The van der Waals surface area contributed by atoms with E-state index in [2.05, 4.69) is 10.2 Å². The Bertz CT molecular complexity index is 868. The number of nitrogens with zero attached hydrogens (tertiary/aromatic N) is 1. The largest absolute Gasteiger partial charge is 0.416 e. The Hall–Kier alpha value is -2.21. The van der Waals surface area contributed by atoms with E-state index in [1.165, 1.54) is 6.07 Å². The third-order valence-electron chi connectivity index (χ3n) is 3.16. The number of H-pyrrole nitrogens is 1. The van der Waals surface area contributed by atoms with Crippen molar-refractivity contribution in [1.29, 1.82) is 0 Å². The second kappa shape index (κ2) is 4.96. The molecule has 6 heteroatoms. The van der Waals surface area contributed by atoms with Crippen molar-refractivity contribution in [3.8, 4) is 11.3 Å². The number of nitrogens with one attached hydrogen (secondary N) is 1. The van der Waals surface area contributed by atoms with Crippen molar-refractivity contribution >= 4 is 23.0 Å². The molecule has 0 radical (unpaired) electrons. The fraction of sp³-hybridized carbons (Fsp3) is 0.0667. The minimum Gasteiger partial charge on any atom is -0.267 e. The molecule has 21 heavy (non-hydrogen) atoms. The Kier molecular flexibility index (Phi) is 3.25. The van der Waals surface area contributed by atoms with Gasteiger partial charge in [-0.3, -0.25) is 5.10 Å². The van der Waals surface area contributed by atoms with Gasteiger partial charge in [-0.15, -0.1) is 0 Å². The number of rotatable bonds is 1. The summed E-state index contributed by atoms with van der Waals surface area (Å²) in [6.07, 6.45) is -4.38. The van der Waals surface area contributed by atoms with Crippen LogP contribution in [0.5, 0.6) is 0 Å². The Morgan fingerprint density at radius 1 is 0.952 bits per heavy atom. The van der Waals surface area contributed by atoms with Gasteiger partial charge in [0.25, 0.3) is 0 Å². The topological polar surface area (TPSA) is 28.7 Å². The average Bonchev–Trinajstić information content (AvgIpc) is 2.47. The number of benzene rings is 2. The van der Waals surface area contributed by atoms with E-state index in [0.29, 0.717) is 15.9 Å². The van der Waals surface area contributed by atoms with E-state index in [1.807, 2.05) is 12.1 Å². The maximum absolute atomic E-state index is 12.8. The van der Waals surface area contributed by atoms with Crippen molar-refractivity contribution in [1.82, 2.24) is 10.2 Å². The minimum absolute atomic E-state index is 0.396. The van der Waals surface area contributed by atoms with Gasteiger partial charge in [0, 0.05) is 16.3 Å². The molecule has 0 saturated carbocycles. The van der Waals surface area contributed by atoms with Crippen LogP contribution in [-0.4, -0.2) is 10.2 Å². The van der Waals surface area contributed by atoms with Crippen molar-refractivity contribution in [3.63, 3.8) is 0 Å². The first-order valence-corrected chi connectivity index (χ1v) is 6.53. The van der Waals surface area contributed by atoms with Gasteiger partial charge in [-0.05, 0) is 12.1 Å². The van der Waals surface area contributed by atoms with Gasteiger partial charge in [-0.25, -0.2) is 0 Å². The van der Waals surface area contributed by atoms with Crippen LogP contribution in [0.2, 0.25) is 0 Å². The van der Waals surface area contributed by atoms with Gasteiger partial charge >= 0.3 is 6.18 Å². The van der Waals surface area contributed by atoms with Crippen molar-refractivity contribution in [3.05, 3.63) is 58.7 Å². The first-order valence-electron chi connectivity index (χ1n) is 6.12. The highest BCUT2D eigenvalue weighted by atomic mass is 32.1. The maximum Gasteiger partial charge on any atom is 0.416 e. The standard InChI is InChI=1S/C15H9F3N2S/c16-15(17,18)10-5-3-4-9(8-10)13-11-6-1-2-7-12(11)14(21)20-19-13/h1-8H,(H,20,21). The third-order valence-corrected chi connectivity index (χ3v) is 3.47. The summed E-state index contributed by atoms with van der Waals surface area (Å²) in [5.74, 6) is 0. The Morgan fingerprint density at radius 3 is 2.38 bits per heavy atom. The summed E-state index contributed by atoms with van der Waals surface area (Å²) in [6, 6.07) is 12.3. The molecule has 3 rings (SSSR count). The lowest BCUT2D eigenvalue weighted by atomic mass is 10.0. The molecule has 2 nitrogen and oxygen atoms in total. The van der Waals surface area contributed by atoms with E-state index in [0.717, 1.165) is 22.9 Å². The van der Waals surface area contributed by atoms with Crippen molar-refractivity contribution in [2.45, 2.75) is 6.18 Å². The third kappa shape index (κ3) is 2.54. The van der Waals surface area contributed by atoms with E-state index in [4.69, 9.17) is 12.2 Å². The molecule has 0 fully saturated rings. The molecular formula is C15H9F3N2S. The van der Waals surface area contributed by atoms with Gasteiger partial charge in [0.15, 0.2) is 0 Å². The summed E-state index contributed by atoms with van der Waals surface area (Å²) in [4.78, 5) is 0. The van der Waals surface area contributed by atoms with Crippen LogP contribution in [-0.2, 0) is 6.18 Å². The number of fused-ring (bicyclic) bond motifs is 1. The Balaban J connectivity index is 2.27. The number of hydrogen-bond donors (Lipinski definition) is 1. The van der Waals surface area contributed by atoms with Crippen LogP contribution < -0.4 is 0 Å². The lowest BCUT2D eigenvalue weighted by Gasteiger charge is -2.10. The highest BCUT2D eigenvalue weighted by Crippen LogP contribution is 2.33. The van der Waals surface area contributed by atoms with Crippen LogP contribution in [0, 0.1) is 4.64 Å². The molecule has 2 aromatic carbocycles. The normalized spacial score (nSPS) is 11.8. The number of alkyl halides is 3. The summed E-state index contributed by atoms with van der Waals surface area (Å²) in [5, 5.41) is 8.27. The molecule has 0 amide bonds. The fourth-order valence-corrected chi connectivity index (χ4v) is 2.40. The number of aromatic amines is 1. The molecule has 0 spiro atoms. The average molecular weight is 306 g/mol. The molecule has 1 N–H and O–H groups in total. The lowest BCUT2D eigenvalue weighted by Crippen LogP contribution is -2.04. The van der Waals surface area contributed by atoms with E-state index >= 15 is 0 Å². The van der Waals surface area contributed by atoms with Crippen LogP contribution in [0.3, 0.4) is 0 Å². The number of hydrogen-bond acceptors (Lipinski definition) is 2. The number of halogens is 3. The van der Waals surface area contributed by atoms with E-state index in [1.54, 1.807) is 18.2 Å². The van der Waals surface area contributed by atoms with E-state index in [-0.39, 0.29) is 0 Å². The first-order chi connectivity index (χ1) is 9.97. The zero-order valence-electron chi connectivity index (χ0n) is 10.6. The summed E-state index contributed by atoms with van der Waals surface area (Å²) < 4.78 is 38.9. The molecular weight excluding hydrogens is 297 g/mol. The van der Waals surface area contributed by atoms with Crippen LogP contribution in [0.25, 0.3) is 22.0 Å². The number of aromatic nitrogens is 2. The molecule has 0 aliphatic carbocycles. The highest BCUT2D eigenvalue weighted by molar-refractivity contribution is 7.71. The Morgan fingerprint density at radius 2 is 1.67 bits per heavy atom. The summed E-state index contributed by atoms with van der Waals surface area (Å²) in [6.45, 7) is 0. The van der Waals surface area contributed by atoms with Gasteiger partial charge in [-0.2, -0.15) is 18.3 Å². The Labute approximate surface area is 123 Å². The van der Waals surface area contributed by atoms with Gasteiger partial charge in [0.1, 0.15) is 4.64 Å². The maximum atomic E-state index is 12.8. The zero-order chi connectivity index (χ0) is 15.0. The predicted octanol–water partition coefficient (Wildman–Crippen LogP) is 4.98. The van der Waals surface area contributed by atoms with Crippen molar-refractivity contribution in [2.75, 3.05) is 0 Å². The predicted molar refractivity (Wildman–Crippen MR) is 77.4 cm³/mol. The molecule has 0 bridgehead atoms. The highest BCUT2D eigenvalue weighted by Gasteiger charge is 2.30. The minimum atomic E-state index is -4.38. The first kappa shape index (κ1) is 13.8. The molecule has 3 aromatic rings. The summed E-state index contributed by atoms with van der Waals surface area (Å²) in [5.41, 5.74) is 0.144. The summed E-state index contributed by atoms with van der Waals surface area (Å²) >= 11 is 5.15.